The van der Waals surface area contributed by atoms with Crippen LogP contribution in [-0.4, -0.2) is 18.1 Å². The Hall–Kier alpha value is -2.79. The van der Waals surface area contributed by atoms with E-state index in [-0.39, 0.29) is 13.1 Å². The van der Waals surface area contributed by atoms with Crippen LogP contribution in [0.2, 0.25) is 0 Å². The quantitative estimate of drug-likeness (QED) is 0.647. The normalized spacial score (nSPS) is 9.67. The summed E-state index contributed by atoms with van der Waals surface area (Å²) in [7, 11) is 0. The zero-order chi connectivity index (χ0) is 13.0. The maximum absolute atomic E-state index is 8.78. The van der Waals surface area contributed by atoms with Gasteiger partial charge < -0.3 is 10.6 Å². The molecule has 0 aliphatic heterocycles. The Kier molecular flexibility index (Phi) is 3.26. The summed E-state index contributed by atoms with van der Waals surface area (Å²) < 4.78 is 0. The molecule has 18 heavy (non-hydrogen) atoms. The maximum atomic E-state index is 8.78. The first-order valence-electron chi connectivity index (χ1n) is 5.39. The maximum Gasteiger partial charge on any atom is 0.107 e. The third-order valence-corrected chi connectivity index (χ3v) is 2.70. The number of nitriles is 2. The van der Waals surface area contributed by atoms with Crippen molar-refractivity contribution in [3.05, 3.63) is 30.6 Å². The molecule has 0 atom stereocenters. The van der Waals surface area contributed by atoms with Gasteiger partial charge in [-0.1, -0.05) is 6.07 Å². The fourth-order valence-corrected chi connectivity index (χ4v) is 1.85. The molecule has 2 N–H and O–H groups in total. The lowest BCUT2D eigenvalue weighted by molar-refractivity contribution is 0.969. The van der Waals surface area contributed by atoms with Gasteiger partial charge in [0.05, 0.1) is 23.5 Å². The molecular formula is C13H11N5. The number of benzene rings is 1. The second-order valence-corrected chi connectivity index (χ2v) is 3.77. The topological polar surface area (TPSA) is 89.7 Å². The lowest BCUT2D eigenvalue weighted by Gasteiger charge is -2.20. The zero-order valence-electron chi connectivity index (χ0n) is 9.67. The molecule has 0 saturated carbocycles. The first-order chi connectivity index (χ1) is 8.77. The van der Waals surface area contributed by atoms with Gasteiger partial charge in [-0.3, -0.25) is 4.98 Å². The van der Waals surface area contributed by atoms with E-state index in [1.54, 1.807) is 17.3 Å². The average molecular weight is 237 g/mol. The third kappa shape index (κ3) is 2.02. The van der Waals surface area contributed by atoms with Crippen molar-refractivity contribution < 1.29 is 0 Å². The van der Waals surface area contributed by atoms with Gasteiger partial charge in [0.15, 0.2) is 0 Å². The molecule has 0 spiro atoms. The van der Waals surface area contributed by atoms with Gasteiger partial charge in [-0.15, -0.1) is 0 Å². The Morgan fingerprint density at radius 3 is 2.56 bits per heavy atom. The molecule has 0 fully saturated rings. The van der Waals surface area contributed by atoms with Crippen molar-refractivity contribution in [2.24, 2.45) is 0 Å². The van der Waals surface area contributed by atoms with Crippen molar-refractivity contribution in [1.29, 1.82) is 10.5 Å². The number of rotatable bonds is 3. The monoisotopic (exact) mass is 237 g/mol. The average Bonchev–Trinajstić information content (AvgIpc) is 2.39. The third-order valence-electron chi connectivity index (χ3n) is 2.70. The molecule has 1 aromatic heterocycles. The van der Waals surface area contributed by atoms with E-state index >= 15 is 0 Å². The Morgan fingerprint density at radius 2 is 1.89 bits per heavy atom. The number of anilines is 2. The van der Waals surface area contributed by atoms with Gasteiger partial charge in [-0.25, -0.2) is 0 Å². The van der Waals surface area contributed by atoms with Crippen LogP contribution in [0.4, 0.5) is 11.4 Å². The molecular weight excluding hydrogens is 226 g/mol. The molecule has 2 rings (SSSR count). The van der Waals surface area contributed by atoms with Crippen LogP contribution in [0.15, 0.2) is 30.6 Å². The van der Waals surface area contributed by atoms with Crippen LogP contribution in [0.25, 0.3) is 10.8 Å². The summed E-state index contributed by atoms with van der Waals surface area (Å²) >= 11 is 0. The number of aromatic nitrogens is 1. The van der Waals surface area contributed by atoms with E-state index in [4.69, 9.17) is 16.3 Å². The van der Waals surface area contributed by atoms with Crippen molar-refractivity contribution >= 4 is 22.1 Å². The van der Waals surface area contributed by atoms with Gasteiger partial charge in [0.1, 0.15) is 13.1 Å². The van der Waals surface area contributed by atoms with Crippen LogP contribution in [0.3, 0.4) is 0 Å². The van der Waals surface area contributed by atoms with Crippen molar-refractivity contribution in [2.75, 3.05) is 23.7 Å². The van der Waals surface area contributed by atoms with Crippen LogP contribution >= 0.6 is 0 Å². The smallest absolute Gasteiger partial charge is 0.107 e. The molecule has 0 aliphatic carbocycles. The molecule has 0 bridgehead atoms. The first kappa shape index (κ1) is 11.7. The van der Waals surface area contributed by atoms with Crippen LogP contribution < -0.4 is 10.6 Å². The van der Waals surface area contributed by atoms with E-state index in [2.05, 4.69) is 4.98 Å². The van der Waals surface area contributed by atoms with Crippen LogP contribution in [0.5, 0.6) is 0 Å². The zero-order valence-corrected chi connectivity index (χ0v) is 9.67. The number of hydrogen-bond donors (Lipinski definition) is 1. The molecule has 0 unspecified atom stereocenters. The largest absolute Gasteiger partial charge is 0.397 e. The van der Waals surface area contributed by atoms with E-state index in [1.165, 1.54) is 0 Å². The minimum atomic E-state index is 0.133. The number of fused-ring (bicyclic) bond motifs is 1. The fourth-order valence-electron chi connectivity index (χ4n) is 1.85. The predicted octanol–water partition coefficient (Wildman–Crippen LogP) is 1.67. The van der Waals surface area contributed by atoms with Crippen molar-refractivity contribution in [3.8, 4) is 12.1 Å². The van der Waals surface area contributed by atoms with Crippen molar-refractivity contribution in [3.63, 3.8) is 0 Å². The summed E-state index contributed by atoms with van der Waals surface area (Å²) in [5.74, 6) is 0. The summed E-state index contributed by atoms with van der Waals surface area (Å²) in [6.45, 7) is 0.267. The number of hydrogen-bond acceptors (Lipinski definition) is 5. The van der Waals surface area contributed by atoms with Gasteiger partial charge in [0.25, 0.3) is 0 Å². The van der Waals surface area contributed by atoms with E-state index < -0.39 is 0 Å². The Bertz CT molecular complexity index is 634. The van der Waals surface area contributed by atoms with Crippen LogP contribution in [0.1, 0.15) is 0 Å². The van der Waals surface area contributed by atoms with Gasteiger partial charge in [-0.05, 0) is 12.1 Å². The standard InChI is InChI=1S/C13H11N5/c14-4-7-18(8-5-15)12-2-1-10-9-17-6-3-11(10)13(12)16/h1-3,6,9H,7-8,16H2. The number of nitrogens with two attached hydrogens (primary N) is 1. The molecule has 0 amide bonds. The van der Waals surface area contributed by atoms with Crippen LogP contribution in [-0.2, 0) is 0 Å². The highest BCUT2D eigenvalue weighted by molar-refractivity contribution is 5.98. The summed E-state index contributed by atoms with van der Waals surface area (Å²) in [4.78, 5) is 5.68. The highest BCUT2D eigenvalue weighted by Crippen LogP contribution is 2.30. The Morgan fingerprint density at radius 1 is 1.17 bits per heavy atom. The minimum Gasteiger partial charge on any atom is -0.397 e. The molecule has 0 saturated heterocycles. The Labute approximate surface area is 105 Å². The van der Waals surface area contributed by atoms with Gasteiger partial charge in [0, 0.05) is 23.2 Å². The SMILES string of the molecule is N#CCN(CC#N)c1ccc2cnccc2c1N. The second kappa shape index (κ2) is 5.03. The Balaban J connectivity index is 2.54. The highest BCUT2D eigenvalue weighted by Gasteiger charge is 2.11. The molecule has 2 aromatic rings. The molecule has 5 nitrogen and oxygen atoms in total. The lowest BCUT2D eigenvalue weighted by Crippen LogP contribution is -2.24. The predicted molar refractivity (Wildman–Crippen MR) is 69.6 cm³/mol. The molecule has 1 heterocycles. The number of nitrogen functional groups attached to an aromatic ring is 1. The van der Waals surface area contributed by atoms with E-state index in [0.29, 0.717) is 11.4 Å². The number of pyridine rings is 1. The molecule has 0 aliphatic rings. The molecule has 88 valence electrons. The first-order valence-corrected chi connectivity index (χ1v) is 5.39. The van der Waals surface area contributed by atoms with E-state index in [9.17, 15) is 0 Å². The summed E-state index contributed by atoms with van der Waals surface area (Å²) in [6.07, 6.45) is 3.40. The molecule has 1 aromatic carbocycles. The summed E-state index contributed by atoms with van der Waals surface area (Å²) in [6, 6.07) is 9.59. The fraction of sp³-hybridized carbons (Fsp3) is 0.154. The van der Waals surface area contributed by atoms with E-state index in [0.717, 1.165) is 10.8 Å². The van der Waals surface area contributed by atoms with Crippen molar-refractivity contribution in [2.45, 2.75) is 0 Å². The summed E-state index contributed by atoms with van der Waals surface area (Å²) in [5.41, 5.74) is 7.37. The van der Waals surface area contributed by atoms with Gasteiger partial charge in [-0.2, -0.15) is 10.5 Å². The highest BCUT2D eigenvalue weighted by atomic mass is 15.1. The molecule has 5 heteroatoms. The number of nitrogens with zero attached hydrogens (tertiary/aromatic N) is 4. The summed E-state index contributed by atoms with van der Waals surface area (Å²) in [5, 5.41) is 19.4. The lowest BCUT2D eigenvalue weighted by atomic mass is 10.1. The van der Waals surface area contributed by atoms with Crippen molar-refractivity contribution in [1.82, 2.24) is 4.98 Å². The molecule has 0 radical (unpaired) electrons. The minimum absolute atomic E-state index is 0.133. The van der Waals surface area contributed by atoms with E-state index in [1.807, 2.05) is 30.3 Å². The van der Waals surface area contributed by atoms with Crippen LogP contribution in [0, 0.1) is 22.7 Å². The van der Waals surface area contributed by atoms with Gasteiger partial charge in [0.2, 0.25) is 0 Å². The van der Waals surface area contributed by atoms with Gasteiger partial charge >= 0.3 is 0 Å². The second-order valence-electron chi connectivity index (χ2n) is 3.77.